The molecule has 1 heterocycles. The van der Waals surface area contributed by atoms with Crippen LogP contribution in [0.3, 0.4) is 0 Å². The summed E-state index contributed by atoms with van der Waals surface area (Å²) in [6.07, 6.45) is -4.53. The van der Waals surface area contributed by atoms with Gasteiger partial charge in [0.2, 0.25) is 0 Å². The van der Waals surface area contributed by atoms with E-state index in [1.807, 2.05) is 0 Å². The molecular formula is C6H13O8PS. The van der Waals surface area contributed by atoms with Crippen LogP contribution in [0.15, 0.2) is 0 Å². The number of thioether (sulfide) groups is 1. The largest absolute Gasteiger partial charge is 0.469 e. The summed E-state index contributed by atoms with van der Waals surface area (Å²) in [6.45, 7) is -0.545. The van der Waals surface area contributed by atoms with E-state index in [0.29, 0.717) is 11.8 Å². The molecule has 0 saturated carbocycles. The number of rotatable bonds is 3. The topological polar surface area (TPSA) is 148 Å². The Morgan fingerprint density at radius 3 is 2.12 bits per heavy atom. The molecule has 0 amide bonds. The Balaban J connectivity index is 2.57. The zero-order valence-corrected chi connectivity index (χ0v) is 9.66. The van der Waals surface area contributed by atoms with Crippen LogP contribution in [0, 0.1) is 0 Å². The monoisotopic (exact) mass is 276 g/mol. The van der Waals surface area contributed by atoms with Crippen molar-refractivity contribution in [3.05, 3.63) is 0 Å². The second-order valence-corrected chi connectivity index (χ2v) is 5.92. The van der Waals surface area contributed by atoms with Crippen LogP contribution < -0.4 is 0 Å². The lowest BCUT2D eigenvalue weighted by molar-refractivity contribution is -0.0951. The van der Waals surface area contributed by atoms with Crippen LogP contribution in [0.2, 0.25) is 0 Å². The highest BCUT2D eigenvalue weighted by atomic mass is 32.2. The molecule has 5 atom stereocenters. The van der Waals surface area contributed by atoms with E-state index in [1.165, 1.54) is 0 Å². The van der Waals surface area contributed by atoms with Gasteiger partial charge in [-0.15, -0.1) is 11.8 Å². The first-order chi connectivity index (χ1) is 7.22. The molecule has 0 unspecified atom stereocenters. The summed E-state index contributed by atoms with van der Waals surface area (Å²) >= 11 is 0.674. The highest BCUT2D eigenvalue weighted by Crippen LogP contribution is 2.39. The van der Waals surface area contributed by atoms with Crippen LogP contribution in [0.1, 0.15) is 0 Å². The molecule has 0 aromatic rings. The van der Waals surface area contributed by atoms with E-state index in [0.717, 1.165) is 0 Å². The van der Waals surface area contributed by atoms with E-state index < -0.39 is 43.4 Å². The van der Waals surface area contributed by atoms with E-state index in [9.17, 15) is 25.0 Å². The fourth-order valence-electron chi connectivity index (χ4n) is 1.24. The molecule has 16 heavy (non-hydrogen) atoms. The van der Waals surface area contributed by atoms with Crippen LogP contribution in [0.5, 0.6) is 0 Å². The molecule has 8 nitrogen and oxygen atoms in total. The summed E-state index contributed by atoms with van der Waals surface area (Å²) in [5.74, 6) is 0. The summed E-state index contributed by atoms with van der Waals surface area (Å²) in [5.41, 5.74) is -1.34. The predicted molar refractivity (Wildman–Crippen MR) is 53.4 cm³/mol. The molecular weight excluding hydrogens is 263 g/mol. The van der Waals surface area contributed by atoms with Crippen LogP contribution in [-0.4, -0.2) is 65.8 Å². The molecule has 0 spiro atoms. The lowest BCUT2D eigenvalue weighted by atomic mass is 10.0. The van der Waals surface area contributed by atoms with Gasteiger partial charge < -0.3 is 30.2 Å². The van der Waals surface area contributed by atoms with E-state index in [-0.39, 0.29) is 0 Å². The summed E-state index contributed by atoms with van der Waals surface area (Å²) in [7, 11) is -4.66. The van der Waals surface area contributed by atoms with E-state index >= 15 is 0 Å². The first-order valence-corrected chi connectivity index (χ1v) is 6.77. The number of phosphoric ester groups is 1. The maximum Gasteiger partial charge on any atom is 0.469 e. The van der Waals surface area contributed by atoms with Gasteiger partial charge in [-0.2, -0.15) is 0 Å². The minimum Gasteiger partial charge on any atom is -0.389 e. The van der Waals surface area contributed by atoms with Gasteiger partial charge in [0.25, 0.3) is 0 Å². The molecule has 1 rings (SSSR count). The Bertz CT molecular complexity index is 282. The van der Waals surface area contributed by atoms with Gasteiger partial charge in [0.15, 0.2) is 0 Å². The number of hydrogen-bond donors (Lipinski definition) is 6. The van der Waals surface area contributed by atoms with Crippen molar-refractivity contribution in [2.75, 3.05) is 6.61 Å². The zero-order chi connectivity index (χ0) is 12.5. The molecule has 1 aliphatic rings. The SMILES string of the molecule is O=P(O)(O)OC[C@@H]1S[C@H](O)[C@H](O)[C@@H](O)[C@H]1O. The van der Waals surface area contributed by atoms with Gasteiger partial charge in [-0.25, -0.2) is 4.57 Å². The number of hydrogen-bond acceptors (Lipinski definition) is 7. The van der Waals surface area contributed by atoms with Crippen molar-refractivity contribution >= 4 is 19.6 Å². The van der Waals surface area contributed by atoms with E-state index in [1.54, 1.807) is 0 Å². The van der Waals surface area contributed by atoms with Crippen molar-refractivity contribution in [1.29, 1.82) is 0 Å². The summed E-state index contributed by atoms with van der Waals surface area (Å²) in [6, 6.07) is 0. The van der Waals surface area contributed by atoms with Gasteiger partial charge in [0.1, 0.15) is 17.6 Å². The Morgan fingerprint density at radius 2 is 1.62 bits per heavy atom. The van der Waals surface area contributed by atoms with Crippen LogP contribution in [0.25, 0.3) is 0 Å². The predicted octanol–water partition coefficient (Wildman–Crippen LogP) is -2.39. The minimum absolute atomic E-state index is 0.545. The Kier molecular flexibility index (Phi) is 4.76. The van der Waals surface area contributed by atoms with Crippen LogP contribution in [-0.2, 0) is 9.09 Å². The number of phosphoric acid groups is 1. The Hall–Kier alpha value is 0.300. The lowest BCUT2D eigenvalue weighted by Crippen LogP contribution is -2.54. The molecule has 10 heteroatoms. The molecule has 1 saturated heterocycles. The zero-order valence-electron chi connectivity index (χ0n) is 7.95. The maximum absolute atomic E-state index is 10.4. The Labute approximate surface area is 95.1 Å². The number of aliphatic hydroxyl groups excluding tert-OH is 4. The number of aliphatic hydroxyl groups is 4. The quantitative estimate of drug-likeness (QED) is 0.310. The van der Waals surface area contributed by atoms with Gasteiger partial charge in [-0.05, 0) is 0 Å². The molecule has 96 valence electrons. The van der Waals surface area contributed by atoms with Crippen molar-refractivity contribution in [2.24, 2.45) is 0 Å². The molecule has 0 bridgehead atoms. The third kappa shape index (κ3) is 3.66. The first-order valence-electron chi connectivity index (χ1n) is 4.30. The summed E-state index contributed by atoms with van der Waals surface area (Å²) in [4.78, 5) is 16.9. The fraction of sp³-hybridized carbons (Fsp3) is 1.00. The third-order valence-corrected chi connectivity index (χ3v) is 3.90. The minimum atomic E-state index is -4.66. The van der Waals surface area contributed by atoms with Crippen molar-refractivity contribution in [3.63, 3.8) is 0 Å². The van der Waals surface area contributed by atoms with Crippen LogP contribution >= 0.6 is 19.6 Å². The molecule has 0 aromatic carbocycles. The third-order valence-electron chi connectivity index (χ3n) is 2.09. The highest BCUT2D eigenvalue weighted by molar-refractivity contribution is 8.00. The summed E-state index contributed by atoms with van der Waals surface area (Å²) < 4.78 is 14.6. The maximum atomic E-state index is 10.4. The van der Waals surface area contributed by atoms with Crippen molar-refractivity contribution in [2.45, 2.75) is 29.0 Å². The molecule has 1 aliphatic heterocycles. The Morgan fingerprint density at radius 1 is 1.06 bits per heavy atom. The van der Waals surface area contributed by atoms with Gasteiger partial charge >= 0.3 is 7.82 Å². The van der Waals surface area contributed by atoms with Crippen LogP contribution in [0.4, 0.5) is 0 Å². The smallest absolute Gasteiger partial charge is 0.389 e. The lowest BCUT2D eigenvalue weighted by Gasteiger charge is -2.37. The summed E-state index contributed by atoms with van der Waals surface area (Å²) in [5, 5.41) is 36.3. The average Bonchev–Trinajstić information content (AvgIpc) is 2.17. The normalized spacial score (nSPS) is 41.0. The molecule has 0 aliphatic carbocycles. The fourth-order valence-corrected chi connectivity index (χ4v) is 2.84. The molecule has 1 fully saturated rings. The molecule has 0 radical (unpaired) electrons. The van der Waals surface area contributed by atoms with Crippen molar-refractivity contribution in [3.8, 4) is 0 Å². The van der Waals surface area contributed by atoms with Crippen molar-refractivity contribution in [1.82, 2.24) is 0 Å². The highest BCUT2D eigenvalue weighted by Gasteiger charge is 2.43. The second-order valence-electron chi connectivity index (χ2n) is 3.32. The first kappa shape index (κ1) is 14.4. The van der Waals surface area contributed by atoms with Crippen molar-refractivity contribution < 1.29 is 39.3 Å². The van der Waals surface area contributed by atoms with E-state index in [4.69, 9.17) is 9.79 Å². The van der Waals surface area contributed by atoms with Gasteiger partial charge in [0.05, 0.1) is 18.0 Å². The van der Waals surface area contributed by atoms with Gasteiger partial charge in [0, 0.05) is 0 Å². The standard InChI is InChI=1S/C6H13O8PS/c7-3-2(1-14-15(11,12)13)16-6(10)5(9)4(3)8/h2-10H,1H2,(H2,11,12,13)/t2-,3-,4-,5+,6-/m0/s1. The van der Waals surface area contributed by atoms with Gasteiger partial charge in [-0.3, -0.25) is 4.52 Å². The average molecular weight is 276 g/mol. The molecule has 6 N–H and O–H groups in total. The molecule has 0 aromatic heterocycles. The second kappa shape index (κ2) is 5.30. The van der Waals surface area contributed by atoms with Gasteiger partial charge in [-0.1, -0.05) is 0 Å². The van der Waals surface area contributed by atoms with E-state index in [2.05, 4.69) is 4.52 Å².